The van der Waals surface area contributed by atoms with Crippen LogP contribution in [0.1, 0.15) is 42.9 Å². The van der Waals surface area contributed by atoms with Crippen LogP contribution in [0.5, 0.6) is 0 Å². The number of aliphatic hydroxyl groups excluding tert-OH is 1. The van der Waals surface area contributed by atoms with Crippen molar-refractivity contribution in [2.24, 2.45) is 5.92 Å². The number of hydrogen-bond donors (Lipinski definition) is 2. The van der Waals surface area contributed by atoms with E-state index in [1.165, 1.54) is 42.3 Å². The van der Waals surface area contributed by atoms with Crippen molar-refractivity contribution in [1.29, 1.82) is 0 Å². The molecule has 1 aliphatic rings. The summed E-state index contributed by atoms with van der Waals surface area (Å²) >= 11 is 0. The van der Waals surface area contributed by atoms with E-state index in [-0.39, 0.29) is 6.10 Å². The minimum atomic E-state index is -0.333. The number of piperidine rings is 1. The van der Waals surface area contributed by atoms with E-state index in [1.807, 2.05) is 30.3 Å². The molecule has 2 atom stereocenters. The summed E-state index contributed by atoms with van der Waals surface area (Å²) in [4.78, 5) is 5.93. The van der Waals surface area contributed by atoms with Crippen LogP contribution in [0.4, 0.5) is 0 Å². The molecule has 27 heavy (non-hydrogen) atoms. The van der Waals surface area contributed by atoms with Crippen molar-refractivity contribution in [3.8, 4) is 0 Å². The Morgan fingerprint density at radius 2 is 1.85 bits per heavy atom. The molecular weight excluding hydrogens is 332 g/mol. The predicted molar refractivity (Wildman–Crippen MR) is 112 cm³/mol. The molecule has 0 aliphatic carbocycles. The quantitative estimate of drug-likeness (QED) is 0.585. The second kappa shape index (κ2) is 8.73. The van der Waals surface area contributed by atoms with E-state index in [0.717, 1.165) is 31.5 Å². The lowest BCUT2D eigenvalue weighted by atomic mass is 9.88. The number of nitrogens with zero attached hydrogens (tertiary/aromatic N) is 1. The van der Waals surface area contributed by atoms with Crippen LogP contribution >= 0.6 is 0 Å². The molecule has 2 aromatic carbocycles. The Balaban J connectivity index is 1.25. The number of aryl methyl sites for hydroxylation is 1. The van der Waals surface area contributed by atoms with Gasteiger partial charge < -0.3 is 15.0 Å². The summed E-state index contributed by atoms with van der Waals surface area (Å²) in [5.74, 6) is 0.356. The Morgan fingerprint density at radius 3 is 2.74 bits per heavy atom. The molecule has 1 aliphatic heterocycles. The van der Waals surface area contributed by atoms with Crippen LogP contribution in [0.15, 0.2) is 60.8 Å². The largest absolute Gasteiger partial charge is 0.388 e. The van der Waals surface area contributed by atoms with Crippen molar-refractivity contribution in [3.63, 3.8) is 0 Å². The normalized spacial score (nSPS) is 19.4. The minimum absolute atomic E-state index is 0.333. The highest BCUT2D eigenvalue weighted by Crippen LogP contribution is 2.29. The van der Waals surface area contributed by atoms with Crippen LogP contribution in [-0.2, 0) is 6.42 Å². The van der Waals surface area contributed by atoms with Crippen molar-refractivity contribution in [2.75, 3.05) is 19.6 Å². The molecule has 0 amide bonds. The minimum Gasteiger partial charge on any atom is -0.388 e. The van der Waals surface area contributed by atoms with E-state index in [1.54, 1.807) is 0 Å². The highest BCUT2D eigenvalue weighted by atomic mass is 16.3. The smallest absolute Gasteiger partial charge is 0.0830 e. The summed E-state index contributed by atoms with van der Waals surface area (Å²) in [5.41, 5.74) is 3.73. The van der Waals surface area contributed by atoms with E-state index in [0.29, 0.717) is 5.92 Å². The van der Waals surface area contributed by atoms with Gasteiger partial charge in [0, 0.05) is 29.6 Å². The standard InChI is InChI=1S/C24H30N2O/c27-24(19-9-2-1-3-10-19)21-12-8-16-26(18-21)15-7-6-11-20-17-25-23-14-5-4-13-22(20)23/h1-5,9-10,13-14,17,21,24-25,27H,6-8,11-12,15-16,18H2. The van der Waals surface area contributed by atoms with Crippen LogP contribution < -0.4 is 0 Å². The summed E-state index contributed by atoms with van der Waals surface area (Å²) in [6.07, 6.45) is 7.71. The first-order valence-corrected chi connectivity index (χ1v) is 10.3. The first-order chi connectivity index (χ1) is 13.3. The SMILES string of the molecule is OC(c1ccccc1)C1CCCN(CCCCc2c[nH]c3ccccc23)C1. The van der Waals surface area contributed by atoms with Crippen LogP contribution in [0, 0.1) is 5.92 Å². The Kier molecular flexibility index (Phi) is 5.90. The number of aromatic nitrogens is 1. The number of aromatic amines is 1. The molecule has 1 aromatic heterocycles. The monoisotopic (exact) mass is 362 g/mol. The van der Waals surface area contributed by atoms with Crippen LogP contribution in [0.2, 0.25) is 0 Å². The number of nitrogens with one attached hydrogen (secondary N) is 1. The maximum atomic E-state index is 10.7. The number of hydrogen-bond acceptors (Lipinski definition) is 2. The maximum absolute atomic E-state index is 10.7. The van der Waals surface area contributed by atoms with Gasteiger partial charge in [-0.05, 0) is 62.4 Å². The number of likely N-dealkylation sites (tertiary alicyclic amines) is 1. The Hall–Kier alpha value is -2.10. The number of fused-ring (bicyclic) bond motifs is 1. The lowest BCUT2D eigenvalue weighted by Gasteiger charge is -2.35. The van der Waals surface area contributed by atoms with Crippen molar-refractivity contribution in [1.82, 2.24) is 9.88 Å². The molecule has 3 heteroatoms. The Bertz CT molecular complexity index is 842. The van der Waals surface area contributed by atoms with Gasteiger partial charge in [-0.25, -0.2) is 0 Å². The van der Waals surface area contributed by atoms with Gasteiger partial charge in [0.15, 0.2) is 0 Å². The molecular formula is C24H30N2O. The topological polar surface area (TPSA) is 39.3 Å². The second-order valence-electron chi connectivity index (χ2n) is 7.88. The summed E-state index contributed by atoms with van der Waals surface area (Å²) in [7, 11) is 0. The zero-order chi connectivity index (χ0) is 18.5. The van der Waals surface area contributed by atoms with Gasteiger partial charge >= 0.3 is 0 Å². The van der Waals surface area contributed by atoms with Crippen molar-refractivity contribution in [2.45, 2.75) is 38.2 Å². The van der Waals surface area contributed by atoms with Crippen LogP contribution in [0.25, 0.3) is 10.9 Å². The summed E-state index contributed by atoms with van der Waals surface area (Å²) in [5, 5.41) is 12.1. The van der Waals surface area contributed by atoms with E-state index >= 15 is 0 Å². The van der Waals surface area contributed by atoms with Gasteiger partial charge in [0.2, 0.25) is 0 Å². The average Bonchev–Trinajstić information content (AvgIpc) is 3.15. The highest BCUT2D eigenvalue weighted by Gasteiger charge is 2.26. The first-order valence-electron chi connectivity index (χ1n) is 10.3. The molecule has 1 saturated heterocycles. The number of benzene rings is 2. The van der Waals surface area contributed by atoms with E-state index in [2.05, 4.69) is 40.3 Å². The molecule has 0 bridgehead atoms. The molecule has 3 aromatic rings. The number of H-pyrrole nitrogens is 1. The van der Waals surface area contributed by atoms with Crippen LogP contribution in [0.3, 0.4) is 0 Å². The van der Waals surface area contributed by atoms with E-state index in [4.69, 9.17) is 0 Å². The summed E-state index contributed by atoms with van der Waals surface area (Å²) in [6, 6.07) is 18.7. The van der Waals surface area contributed by atoms with Gasteiger partial charge in [0.05, 0.1) is 6.10 Å². The van der Waals surface area contributed by atoms with Gasteiger partial charge in [0.25, 0.3) is 0 Å². The third-order valence-electron chi connectivity index (χ3n) is 5.97. The molecule has 4 rings (SSSR count). The van der Waals surface area contributed by atoms with Crippen molar-refractivity contribution in [3.05, 3.63) is 71.9 Å². The van der Waals surface area contributed by atoms with Gasteiger partial charge in [0.1, 0.15) is 0 Å². The summed E-state index contributed by atoms with van der Waals surface area (Å²) in [6.45, 7) is 3.33. The van der Waals surface area contributed by atoms with Gasteiger partial charge in [-0.3, -0.25) is 0 Å². The molecule has 1 fully saturated rings. The van der Waals surface area contributed by atoms with Crippen molar-refractivity contribution < 1.29 is 5.11 Å². The molecule has 142 valence electrons. The molecule has 2 unspecified atom stereocenters. The lowest BCUT2D eigenvalue weighted by molar-refractivity contribution is 0.0498. The second-order valence-corrected chi connectivity index (χ2v) is 7.88. The third kappa shape index (κ3) is 4.42. The fourth-order valence-electron chi connectivity index (χ4n) is 4.46. The van der Waals surface area contributed by atoms with E-state index in [9.17, 15) is 5.11 Å². The molecule has 0 spiro atoms. The van der Waals surface area contributed by atoms with Gasteiger partial charge in [-0.15, -0.1) is 0 Å². The Labute approximate surface area is 162 Å². The first kappa shape index (κ1) is 18.3. The third-order valence-corrected chi connectivity index (χ3v) is 5.97. The molecule has 2 N–H and O–H groups in total. The Morgan fingerprint density at radius 1 is 1.04 bits per heavy atom. The number of para-hydroxylation sites is 1. The predicted octanol–water partition coefficient (Wildman–Crippen LogP) is 4.94. The van der Waals surface area contributed by atoms with Gasteiger partial charge in [-0.2, -0.15) is 0 Å². The average molecular weight is 363 g/mol. The van der Waals surface area contributed by atoms with Crippen molar-refractivity contribution >= 4 is 10.9 Å². The highest BCUT2D eigenvalue weighted by molar-refractivity contribution is 5.82. The molecule has 3 nitrogen and oxygen atoms in total. The zero-order valence-electron chi connectivity index (χ0n) is 16.0. The number of aliphatic hydroxyl groups is 1. The van der Waals surface area contributed by atoms with Crippen LogP contribution in [-0.4, -0.2) is 34.6 Å². The van der Waals surface area contributed by atoms with E-state index < -0.39 is 0 Å². The molecule has 0 radical (unpaired) electrons. The fourth-order valence-corrected chi connectivity index (χ4v) is 4.46. The molecule has 0 saturated carbocycles. The number of rotatable bonds is 7. The lowest BCUT2D eigenvalue weighted by Crippen LogP contribution is -2.38. The van der Waals surface area contributed by atoms with Gasteiger partial charge in [-0.1, -0.05) is 48.5 Å². The molecule has 2 heterocycles. The fraction of sp³-hybridized carbons (Fsp3) is 0.417. The summed E-state index contributed by atoms with van der Waals surface area (Å²) < 4.78 is 0. The number of unbranched alkanes of at least 4 members (excludes halogenated alkanes) is 1. The zero-order valence-corrected chi connectivity index (χ0v) is 16.0. The maximum Gasteiger partial charge on any atom is 0.0830 e.